The van der Waals surface area contributed by atoms with Gasteiger partial charge in [0, 0.05) is 12.6 Å². The fraction of sp³-hybridized carbons (Fsp3) is 0.333. The fourth-order valence-corrected chi connectivity index (χ4v) is 6.86. The van der Waals surface area contributed by atoms with Gasteiger partial charge in [-0.25, -0.2) is 8.42 Å². The molecule has 0 aliphatic heterocycles. The van der Waals surface area contributed by atoms with Gasteiger partial charge >= 0.3 is 0 Å². The first-order valence-electron chi connectivity index (χ1n) is 13.3. The number of halogens is 3. The molecular formula is C30H32Cl3N3O4S. The molecule has 1 saturated carbocycles. The highest BCUT2D eigenvalue weighted by Crippen LogP contribution is 2.31. The number of sulfonamides is 1. The van der Waals surface area contributed by atoms with Crippen molar-refractivity contribution >= 4 is 62.3 Å². The number of carbonyl (C=O) groups is 2. The van der Waals surface area contributed by atoms with E-state index in [1.54, 1.807) is 61.5 Å². The average Bonchev–Trinajstić information content (AvgIpc) is 3.45. The van der Waals surface area contributed by atoms with Crippen molar-refractivity contribution in [3.05, 3.63) is 92.9 Å². The van der Waals surface area contributed by atoms with Crippen molar-refractivity contribution in [3.63, 3.8) is 0 Å². The number of anilines is 1. The topological polar surface area (TPSA) is 86.8 Å². The minimum absolute atomic E-state index is 0.00984. The van der Waals surface area contributed by atoms with Crippen LogP contribution >= 0.6 is 34.8 Å². The summed E-state index contributed by atoms with van der Waals surface area (Å²) in [5, 5.41) is 3.87. The summed E-state index contributed by atoms with van der Waals surface area (Å²) in [6.07, 6.45) is 3.84. The predicted molar refractivity (Wildman–Crippen MR) is 164 cm³/mol. The first-order valence-corrected chi connectivity index (χ1v) is 15.9. The molecular weight excluding hydrogens is 605 g/mol. The van der Waals surface area contributed by atoms with Crippen molar-refractivity contribution in [2.24, 2.45) is 0 Å². The highest BCUT2D eigenvalue weighted by atomic mass is 35.5. The molecule has 0 aromatic heterocycles. The molecule has 0 unspecified atom stereocenters. The standard InChI is InChI=1S/C30H32Cl3N3O4S/c1-20-11-14-24(15-12-20)41(39,40)36(28-10-6-5-9-26(28)32)19-29(37)35(18-22-13-16-25(31)27(33)17-22)21(2)30(38)34-23-7-3-4-8-23/h5-6,9-17,21,23H,3-4,7-8,18-19H2,1-2H3,(H,34,38)/t21-/m0/s1. The van der Waals surface area contributed by atoms with Gasteiger partial charge in [-0.1, -0.05) is 83.5 Å². The lowest BCUT2D eigenvalue weighted by Crippen LogP contribution is -2.52. The molecule has 0 bridgehead atoms. The molecule has 3 aromatic rings. The van der Waals surface area contributed by atoms with Gasteiger partial charge in [-0.05, 0) is 68.7 Å². The summed E-state index contributed by atoms with van der Waals surface area (Å²) in [6, 6.07) is 16.9. The minimum Gasteiger partial charge on any atom is -0.352 e. The Kier molecular flexibility index (Phi) is 10.2. The van der Waals surface area contributed by atoms with Crippen molar-refractivity contribution in [2.45, 2.75) is 63.1 Å². The Morgan fingerprint density at radius 1 is 0.927 bits per heavy atom. The molecule has 0 saturated heterocycles. The molecule has 1 atom stereocenters. The van der Waals surface area contributed by atoms with Gasteiger partial charge in [-0.2, -0.15) is 0 Å². The maximum absolute atomic E-state index is 14.0. The number of nitrogens with zero attached hydrogens (tertiary/aromatic N) is 2. The third kappa shape index (κ3) is 7.55. The van der Waals surface area contributed by atoms with Crippen LogP contribution in [-0.4, -0.2) is 43.8 Å². The van der Waals surface area contributed by atoms with Gasteiger partial charge < -0.3 is 10.2 Å². The van der Waals surface area contributed by atoms with Crippen molar-refractivity contribution in [3.8, 4) is 0 Å². The Balaban J connectivity index is 1.70. The molecule has 41 heavy (non-hydrogen) atoms. The number of carbonyl (C=O) groups excluding carboxylic acids is 2. The van der Waals surface area contributed by atoms with Crippen LogP contribution < -0.4 is 9.62 Å². The van der Waals surface area contributed by atoms with Crippen molar-refractivity contribution in [1.82, 2.24) is 10.2 Å². The molecule has 1 aliphatic rings. The lowest BCUT2D eigenvalue weighted by Gasteiger charge is -2.32. The van der Waals surface area contributed by atoms with Gasteiger partial charge in [0.2, 0.25) is 11.8 Å². The third-order valence-electron chi connectivity index (χ3n) is 7.21. The summed E-state index contributed by atoms with van der Waals surface area (Å²) >= 11 is 18.8. The van der Waals surface area contributed by atoms with Crippen molar-refractivity contribution in [1.29, 1.82) is 0 Å². The quantitative estimate of drug-likeness (QED) is 0.271. The largest absolute Gasteiger partial charge is 0.352 e. The molecule has 0 radical (unpaired) electrons. The lowest BCUT2D eigenvalue weighted by molar-refractivity contribution is -0.139. The van der Waals surface area contributed by atoms with Crippen LogP contribution in [-0.2, 0) is 26.2 Å². The van der Waals surface area contributed by atoms with E-state index in [0.29, 0.717) is 15.6 Å². The van der Waals surface area contributed by atoms with E-state index in [0.717, 1.165) is 35.6 Å². The highest BCUT2D eigenvalue weighted by Gasteiger charge is 2.34. The van der Waals surface area contributed by atoms with Crippen LogP contribution in [0.15, 0.2) is 71.6 Å². The third-order valence-corrected chi connectivity index (χ3v) is 10.0. The number of para-hydroxylation sites is 1. The predicted octanol–water partition coefficient (Wildman–Crippen LogP) is 6.63. The second-order valence-electron chi connectivity index (χ2n) is 10.2. The van der Waals surface area contributed by atoms with E-state index in [-0.39, 0.29) is 34.1 Å². The number of amides is 2. The van der Waals surface area contributed by atoms with E-state index >= 15 is 0 Å². The molecule has 0 spiro atoms. The normalized spacial score (nSPS) is 14.5. The minimum atomic E-state index is -4.21. The number of nitrogens with one attached hydrogen (secondary N) is 1. The molecule has 218 valence electrons. The van der Waals surface area contributed by atoms with E-state index in [2.05, 4.69) is 5.32 Å². The van der Waals surface area contributed by atoms with Crippen LogP contribution in [0.4, 0.5) is 5.69 Å². The molecule has 1 aliphatic carbocycles. The van der Waals surface area contributed by atoms with Crippen molar-refractivity contribution in [2.75, 3.05) is 10.8 Å². The maximum Gasteiger partial charge on any atom is 0.264 e. The number of hydrogen-bond donors (Lipinski definition) is 1. The van der Waals surface area contributed by atoms with E-state index in [1.165, 1.54) is 17.0 Å². The van der Waals surface area contributed by atoms with Gasteiger partial charge in [-0.3, -0.25) is 13.9 Å². The van der Waals surface area contributed by atoms with E-state index in [1.807, 2.05) is 6.92 Å². The second kappa shape index (κ2) is 13.5. The van der Waals surface area contributed by atoms with Crippen LogP contribution in [0.5, 0.6) is 0 Å². The van der Waals surface area contributed by atoms with E-state index < -0.39 is 28.5 Å². The summed E-state index contributed by atoms with van der Waals surface area (Å²) in [6.45, 7) is 2.91. The summed E-state index contributed by atoms with van der Waals surface area (Å²) in [4.78, 5) is 28.7. The van der Waals surface area contributed by atoms with E-state index in [4.69, 9.17) is 34.8 Å². The smallest absolute Gasteiger partial charge is 0.264 e. The summed E-state index contributed by atoms with van der Waals surface area (Å²) in [5.74, 6) is -0.892. The number of benzene rings is 3. The molecule has 11 heteroatoms. The Hall–Kier alpha value is -2.78. The maximum atomic E-state index is 14.0. The molecule has 3 aromatic carbocycles. The first-order chi connectivity index (χ1) is 19.5. The SMILES string of the molecule is Cc1ccc(S(=O)(=O)N(CC(=O)N(Cc2ccc(Cl)c(Cl)c2)[C@@H](C)C(=O)NC2CCCC2)c2ccccc2Cl)cc1. The lowest BCUT2D eigenvalue weighted by atomic mass is 10.1. The Labute approximate surface area is 256 Å². The fourth-order valence-electron chi connectivity index (χ4n) is 4.81. The van der Waals surface area contributed by atoms with Crippen molar-refractivity contribution < 1.29 is 18.0 Å². The second-order valence-corrected chi connectivity index (χ2v) is 13.3. The number of hydrogen-bond acceptors (Lipinski definition) is 4. The van der Waals surface area contributed by atoms with Gasteiger partial charge in [0.25, 0.3) is 10.0 Å². The molecule has 2 amide bonds. The van der Waals surface area contributed by atoms with Gasteiger partial charge in [0.1, 0.15) is 12.6 Å². The average molecular weight is 637 g/mol. The van der Waals surface area contributed by atoms with Crippen LogP contribution in [0.3, 0.4) is 0 Å². The van der Waals surface area contributed by atoms with Crippen LogP contribution in [0, 0.1) is 6.92 Å². The number of rotatable bonds is 10. The van der Waals surface area contributed by atoms with Crippen LogP contribution in [0.1, 0.15) is 43.7 Å². The zero-order chi connectivity index (χ0) is 29.7. The van der Waals surface area contributed by atoms with Gasteiger partial charge in [0.05, 0.1) is 25.7 Å². The highest BCUT2D eigenvalue weighted by molar-refractivity contribution is 7.92. The Bertz CT molecular complexity index is 1510. The van der Waals surface area contributed by atoms with Gasteiger partial charge in [-0.15, -0.1) is 0 Å². The van der Waals surface area contributed by atoms with Crippen LogP contribution in [0.25, 0.3) is 0 Å². The van der Waals surface area contributed by atoms with Crippen LogP contribution in [0.2, 0.25) is 15.1 Å². The Morgan fingerprint density at radius 3 is 2.22 bits per heavy atom. The Morgan fingerprint density at radius 2 is 1.59 bits per heavy atom. The number of aryl methyl sites for hydroxylation is 1. The molecule has 1 N–H and O–H groups in total. The molecule has 0 heterocycles. The molecule has 7 nitrogen and oxygen atoms in total. The monoisotopic (exact) mass is 635 g/mol. The van der Waals surface area contributed by atoms with Gasteiger partial charge in [0.15, 0.2) is 0 Å². The van der Waals surface area contributed by atoms with E-state index in [9.17, 15) is 18.0 Å². The molecule has 1 fully saturated rings. The molecule has 4 rings (SSSR count). The summed E-state index contributed by atoms with van der Waals surface area (Å²) in [7, 11) is -4.21. The zero-order valence-electron chi connectivity index (χ0n) is 22.8. The first kappa shape index (κ1) is 31.2. The summed E-state index contributed by atoms with van der Waals surface area (Å²) in [5.41, 5.74) is 1.68. The zero-order valence-corrected chi connectivity index (χ0v) is 25.9. The summed E-state index contributed by atoms with van der Waals surface area (Å²) < 4.78 is 28.8.